The van der Waals surface area contributed by atoms with E-state index in [1.807, 2.05) is 49.4 Å². The van der Waals surface area contributed by atoms with Crippen molar-refractivity contribution in [3.8, 4) is 11.5 Å². The maximum absolute atomic E-state index is 11.9. The van der Waals surface area contributed by atoms with E-state index in [9.17, 15) is 4.79 Å². The van der Waals surface area contributed by atoms with E-state index >= 15 is 0 Å². The summed E-state index contributed by atoms with van der Waals surface area (Å²) in [4.78, 5) is 11.9. The van der Waals surface area contributed by atoms with E-state index in [0.717, 1.165) is 39.2 Å². The van der Waals surface area contributed by atoms with Gasteiger partial charge in [-0.3, -0.25) is 4.79 Å². The predicted molar refractivity (Wildman–Crippen MR) is 101 cm³/mol. The summed E-state index contributed by atoms with van der Waals surface area (Å²) in [6.45, 7) is 2.68. The van der Waals surface area contributed by atoms with Gasteiger partial charge in [0, 0.05) is 22.2 Å². The van der Waals surface area contributed by atoms with Crippen molar-refractivity contribution >= 4 is 16.9 Å². The van der Waals surface area contributed by atoms with Crippen LogP contribution in [0, 0.1) is 6.92 Å². The Bertz CT molecular complexity index is 943. The quantitative estimate of drug-likeness (QED) is 0.634. The van der Waals surface area contributed by atoms with E-state index in [0.29, 0.717) is 6.54 Å². The number of hydrogen-bond acceptors (Lipinski definition) is 4. The summed E-state index contributed by atoms with van der Waals surface area (Å²) in [7, 11) is 4.72. The Morgan fingerprint density at radius 2 is 1.81 bits per heavy atom. The zero-order valence-corrected chi connectivity index (χ0v) is 15.5. The Kier molecular flexibility index (Phi) is 5.16. The van der Waals surface area contributed by atoms with Crippen LogP contribution in [0.2, 0.25) is 0 Å². The molecule has 0 atom stereocenters. The second-order valence-corrected chi connectivity index (χ2v) is 6.10. The van der Waals surface area contributed by atoms with Crippen LogP contribution >= 0.6 is 0 Å². The number of esters is 1. The van der Waals surface area contributed by atoms with E-state index in [2.05, 4.69) is 4.57 Å². The van der Waals surface area contributed by atoms with Crippen molar-refractivity contribution in [1.82, 2.24) is 4.57 Å². The molecule has 0 fully saturated rings. The first-order valence-electron chi connectivity index (χ1n) is 8.43. The molecule has 5 nitrogen and oxygen atoms in total. The van der Waals surface area contributed by atoms with Gasteiger partial charge in [-0.25, -0.2) is 0 Å². The minimum atomic E-state index is -0.257. The van der Waals surface area contributed by atoms with Crippen molar-refractivity contribution in [2.24, 2.45) is 0 Å². The van der Waals surface area contributed by atoms with Crippen molar-refractivity contribution < 1.29 is 19.0 Å². The summed E-state index contributed by atoms with van der Waals surface area (Å²) in [5, 5.41) is 1.00. The lowest BCUT2D eigenvalue weighted by atomic mass is 10.1. The highest BCUT2D eigenvalue weighted by Crippen LogP contribution is 2.31. The molecule has 0 saturated heterocycles. The van der Waals surface area contributed by atoms with Gasteiger partial charge in [-0.1, -0.05) is 18.2 Å². The van der Waals surface area contributed by atoms with Crippen molar-refractivity contribution in [3.05, 3.63) is 59.3 Å². The molecule has 0 unspecified atom stereocenters. The first-order valence-corrected chi connectivity index (χ1v) is 8.43. The Labute approximate surface area is 153 Å². The molecule has 0 spiro atoms. The molecule has 0 radical (unpaired) electrons. The molecule has 0 aliphatic carbocycles. The third-order valence-corrected chi connectivity index (χ3v) is 4.73. The van der Waals surface area contributed by atoms with Gasteiger partial charge in [-0.05, 0) is 36.8 Å². The largest absolute Gasteiger partial charge is 0.497 e. The summed E-state index contributed by atoms with van der Waals surface area (Å²) in [5.74, 6) is 1.35. The number of aromatic nitrogens is 1. The topological polar surface area (TPSA) is 49.7 Å². The zero-order chi connectivity index (χ0) is 18.7. The minimum Gasteiger partial charge on any atom is -0.497 e. The fourth-order valence-electron chi connectivity index (χ4n) is 3.31. The molecule has 136 valence electrons. The van der Waals surface area contributed by atoms with Crippen LogP contribution in [-0.4, -0.2) is 31.9 Å². The normalized spacial score (nSPS) is 10.8. The molecule has 1 heterocycles. The predicted octanol–water partition coefficient (Wildman–Crippen LogP) is 3.73. The fraction of sp³-hybridized carbons (Fsp3) is 0.286. The molecule has 3 aromatic rings. The van der Waals surface area contributed by atoms with Crippen LogP contribution in [0.3, 0.4) is 0 Å². The Morgan fingerprint density at radius 3 is 2.50 bits per heavy atom. The molecule has 3 rings (SSSR count). The zero-order valence-electron chi connectivity index (χ0n) is 15.5. The molecular weight excluding hydrogens is 330 g/mol. The number of methoxy groups -OCH3 is 3. The van der Waals surface area contributed by atoms with Gasteiger partial charge in [-0.2, -0.15) is 0 Å². The van der Waals surface area contributed by atoms with Crippen molar-refractivity contribution in [2.75, 3.05) is 21.3 Å². The van der Waals surface area contributed by atoms with E-state index in [1.54, 1.807) is 14.2 Å². The van der Waals surface area contributed by atoms with Gasteiger partial charge >= 0.3 is 5.97 Å². The molecule has 0 aliphatic heterocycles. The van der Waals surface area contributed by atoms with Crippen LogP contribution in [0.15, 0.2) is 42.5 Å². The monoisotopic (exact) mass is 353 g/mol. The molecule has 26 heavy (non-hydrogen) atoms. The summed E-state index contributed by atoms with van der Waals surface area (Å²) in [6.07, 6.45) is 0.227. The molecule has 5 heteroatoms. The van der Waals surface area contributed by atoms with Crippen molar-refractivity contribution in [3.63, 3.8) is 0 Å². The number of hydrogen-bond donors (Lipinski definition) is 0. The molecule has 0 amide bonds. The van der Waals surface area contributed by atoms with E-state index in [-0.39, 0.29) is 12.4 Å². The average Bonchev–Trinajstić information content (AvgIpc) is 2.93. The first kappa shape index (κ1) is 17.9. The van der Waals surface area contributed by atoms with Crippen LogP contribution in [-0.2, 0) is 22.5 Å². The van der Waals surface area contributed by atoms with Crippen LogP contribution in [0.4, 0.5) is 0 Å². The molecule has 2 aromatic carbocycles. The Hall–Kier alpha value is -2.95. The van der Waals surface area contributed by atoms with Gasteiger partial charge in [0.15, 0.2) is 0 Å². The van der Waals surface area contributed by atoms with E-state index in [4.69, 9.17) is 14.2 Å². The highest BCUT2D eigenvalue weighted by Gasteiger charge is 2.18. The summed E-state index contributed by atoms with van der Waals surface area (Å²) >= 11 is 0. The lowest BCUT2D eigenvalue weighted by molar-refractivity contribution is -0.139. The number of carbonyl (C=O) groups excluding carboxylic acids is 1. The summed E-state index contributed by atoms with van der Waals surface area (Å²) in [6, 6.07) is 13.9. The molecule has 0 bridgehead atoms. The molecule has 0 N–H and O–H groups in total. The Balaban J connectivity index is 2.15. The number of benzene rings is 2. The summed E-state index contributed by atoms with van der Waals surface area (Å²) in [5.41, 5.74) is 4.12. The second kappa shape index (κ2) is 7.52. The average molecular weight is 353 g/mol. The number of carbonyl (C=O) groups is 1. The van der Waals surface area contributed by atoms with Gasteiger partial charge < -0.3 is 18.8 Å². The number of rotatable bonds is 6. The smallest absolute Gasteiger partial charge is 0.310 e. The minimum absolute atomic E-state index is 0.227. The van der Waals surface area contributed by atoms with Crippen molar-refractivity contribution in [1.29, 1.82) is 0 Å². The van der Waals surface area contributed by atoms with Gasteiger partial charge in [0.25, 0.3) is 0 Å². The van der Waals surface area contributed by atoms with Crippen LogP contribution in [0.1, 0.15) is 16.8 Å². The molecule has 0 saturated carbocycles. The van der Waals surface area contributed by atoms with Crippen molar-refractivity contribution in [2.45, 2.75) is 19.9 Å². The number of para-hydroxylation sites is 1. The van der Waals surface area contributed by atoms with Gasteiger partial charge in [-0.15, -0.1) is 0 Å². The third kappa shape index (κ3) is 3.25. The lowest BCUT2D eigenvalue weighted by Crippen LogP contribution is -2.07. The molecule has 1 aromatic heterocycles. The lowest BCUT2D eigenvalue weighted by Gasteiger charge is -2.12. The maximum Gasteiger partial charge on any atom is 0.310 e. The van der Waals surface area contributed by atoms with Gasteiger partial charge in [0.1, 0.15) is 11.5 Å². The second-order valence-electron chi connectivity index (χ2n) is 6.10. The fourth-order valence-corrected chi connectivity index (χ4v) is 3.31. The summed E-state index contributed by atoms with van der Waals surface area (Å²) < 4.78 is 17.9. The SMILES string of the molecule is COC(=O)Cc1c(C)n(Cc2ccccc2OC)c2ccc(OC)cc12. The number of fused-ring (bicyclic) bond motifs is 1. The number of ether oxygens (including phenoxy) is 3. The Morgan fingerprint density at radius 1 is 1.04 bits per heavy atom. The molecular formula is C21H23NO4. The van der Waals surface area contributed by atoms with Gasteiger partial charge in [0.2, 0.25) is 0 Å². The third-order valence-electron chi connectivity index (χ3n) is 4.73. The van der Waals surface area contributed by atoms with Crippen LogP contribution < -0.4 is 9.47 Å². The number of nitrogens with zero attached hydrogens (tertiary/aromatic N) is 1. The highest BCUT2D eigenvalue weighted by atomic mass is 16.5. The standard InChI is InChI=1S/C21H23NO4/c1-14-17(12-21(23)26-4)18-11-16(24-2)9-10-19(18)22(14)13-15-7-5-6-8-20(15)25-3/h5-11H,12-13H2,1-4H3. The molecule has 0 aliphatic rings. The van der Waals surface area contributed by atoms with E-state index in [1.165, 1.54) is 7.11 Å². The van der Waals surface area contributed by atoms with E-state index < -0.39 is 0 Å². The highest BCUT2D eigenvalue weighted by molar-refractivity contribution is 5.90. The maximum atomic E-state index is 11.9. The first-order chi connectivity index (χ1) is 12.6. The van der Waals surface area contributed by atoms with Gasteiger partial charge in [0.05, 0.1) is 34.3 Å². The van der Waals surface area contributed by atoms with Crippen LogP contribution in [0.25, 0.3) is 10.9 Å². The van der Waals surface area contributed by atoms with Crippen LogP contribution in [0.5, 0.6) is 11.5 Å².